The molecule has 1 aliphatic heterocycles. The summed E-state index contributed by atoms with van der Waals surface area (Å²) in [6, 6.07) is 5.15. The van der Waals surface area contributed by atoms with Gasteiger partial charge in [0.05, 0.1) is 16.9 Å². The summed E-state index contributed by atoms with van der Waals surface area (Å²) in [6.07, 6.45) is 2.11. The highest BCUT2D eigenvalue weighted by molar-refractivity contribution is 9.10. The van der Waals surface area contributed by atoms with Gasteiger partial charge in [-0.2, -0.15) is 0 Å². The molecule has 1 aromatic carbocycles. The van der Waals surface area contributed by atoms with Crippen LogP contribution in [0.15, 0.2) is 22.7 Å². The molecule has 1 heterocycles. The Morgan fingerprint density at radius 1 is 1.53 bits per heavy atom. The fraction of sp³-hybridized carbons (Fsp3) is 0.500. The summed E-state index contributed by atoms with van der Waals surface area (Å²) in [5.41, 5.74) is 1.18. The summed E-state index contributed by atoms with van der Waals surface area (Å²) in [4.78, 5) is 13.2. The van der Waals surface area contributed by atoms with Gasteiger partial charge >= 0.3 is 5.97 Å². The molecule has 2 rings (SSSR count). The fourth-order valence-electron chi connectivity index (χ4n) is 2.47. The summed E-state index contributed by atoms with van der Waals surface area (Å²) in [5, 5.41) is 8.98. The second-order valence-corrected chi connectivity index (χ2v) is 6.00. The Hall–Kier alpha value is -1.07. The SMILES string of the molecule is COC1(C)CCCN(c2ccc(C(=O)O)cc2Br)C1. The molecule has 0 spiro atoms. The minimum Gasteiger partial charge on any atom is -0.478 e. The van der Waals surface area contributed by atoms with Crippen LogP contribution in [0, 0.1) is 0 Å². The van der Waals surface area contributed by atoms with Crippen LogP contribution in [0.2, 0.25) is 0 Å². The van der Waals surface area contributed by atoms with Crippen LogP contribution in [0.1, 0.15) is 30.1 Å². The molecule has 0 saturated carbocycles. The number of hydrogen-bond donors (Lipinski definition) is 1. The van der Waals surface area contributed by atoms with E-state index < -0.39 is 5.97 Å². The molecule has 1 aromatic rings. The number of rotatable bonds is 3. The Morgan fingerprint density at radius 3 is 2.84 bits per heavy atom. The van der Waals surface area contributed by atoms with E-state index in [0.717, 1.165) is 36.1 Å². The van der Waals surface area contributed by atoms with E-state index in [2.05, 4.69) is 27.8 Å². The molecule has 0 aromatic heterocycles. The van der Waals surface area contributed by atoms with Gasteiger partial charge in [0.25, 0.3) is 0 Å². The van der Waals surface area contributed by atoms with Crippen molar-refractivity contribution in [1.29, 1.82) is 0 Å². The highest BCUT2D eigenvalue weighted by Gasteiger charge is 2.31. The largest absolute Gasteiger partial charge is 0.478 e. The van der Waals surface area contributed by atoms with Crippen LogP contribution < -0.4 is 4.90 Å². The third-order valence-electron chi connectivity index (χ3n) is 3.69. The van der Waals surface area contributed by atoms with Gasteiger partial charge in [-0.05, 0) is 53.9 Å². The van der Waals surface area contributed by atoms with Gasteiger partial charge in [-0.1, -0.05) is 0 Å². The molecule has 1 unspecified atom stereocenters. The number of methoxy groups -OCH3 is 1. The van der Waals surface area contributed by atoms with Crippen LogP contribution in [-0.2, 0) is 4.74 Å². The molecule has 1 N–H and O–H groups in total. The molecule has 0 aliphatic carbocycles. The molecule has 0 radical (unpaired) electrons. The Morgan fingerprint density at radius 2 is 2.26 bits per heavy atom. The molecule has 1 fully saturated rings. The van der Waals surface area contributed by atoms with Crippen molar-refractivity contribution in [2.24, 2.45) is 0 Å². The van der Waals surface area contributed by atoms with E-state index in [1.807, 2.05) is 6.07 Å². The Labute approximate surface area is 121 Å². The monoisotopic (exact) mass is 327 g/mol. The lowest BCUT2D eigenvalue weighted by Gasteiger charge is -2.41. The van der Waals surface area contributed by atoms with Crippen LogP contribution in [0.3, 0.4) is 0 Å². The number of piperidine rings is 1. The molecule has 0 amide bonds. The lowest BCUT2D eigenvalue weighted by Crippen LogP contribution is -2.47. The molecule has 1 saturated heterocycles. The highest BCUT2D eigenvalue weighted by Crippen LogP contribution is 2.33. The lowest BCUT2D eigenvalue weighted by atomic mass is 9.94. The Bertz CT molecular complexity index is 492. The van der Waals surface area contributed by atoms with Crippen LogP contribution in [-0.4, -0.2) is 36.9 Å². The number of aromatic carboxylic acids is 1. The summed E-state index contributed by atoms with van der Waals surface area (Å²) >= 11 is 3.46. The van der Waals surface area contributed by atoms with Gasteiger partial charge in [-0.25, -0.2) is 4.79 Å². The summed E-state index contributed by atoms with van der Waals surface area (Å²) in [5.74, 6) is -0.910. The minimum absolute atomic E-state index is 0.136. The molecule has 5 heteroatoms. The normalized spacial score (nSPS) is 23.4. The summed E-state index contributed by atoms with van der Waals surface area (Å²) in [7, 11) is 1.74. The average molecular weight is 328 g/mol. The van der Waals surface area contributed by atoms with Gasteiger partial charge in [0.15, 0.2) is 0 Å². The first-order valence-corrected chi connectivity index (χ1v) is 7.07. The van der Waals surface area contributed by atoms with Gasteiger partial charge in [0.2, 0.25) is 0 Å². The number of anilines is 1. The molecule has 1 atom stereocenters. The first kappa shape index (κ1) is 14.3. The molecular weight excluding hydrogens is 310 g/mol. The van der Waals surface area contributed by atoms with Crippen LogP contribution in [0.25, 0.3) is 0 Å². The first-order valence-electron chi connectivity index (χ1n) is 6.28. The number of nitrogens with zero attached hydrogens (tertiary/aromatic N) is 1. The maximum Gasteiger partial charge on any atom is 0.335 e. The predicted molar refractivity (Wildman–Crippen MR) is 78.0 cm³/mol. The summed E-state index contributed by atoms with van der Waals surface area (Å²) in [6.45, 7) is 3.89. The number of hydrogen-bond acceptors (Lipinski definition) is 3. The second kappa shape index (κ2) is 5.51. The van der Waals surface area contributed by atoms with Gasteiger partial charge < -0.3 is 14.7 Å². The van der Waals surface area contributed by atoms with E-state index in [1.54, 1.807) is 19.2 Å². The standard InChI is InChI=1S/C14H18BrNO3/c1-14(19-2)6-3-7-16(9-14)12-5-4-10(13(17)18)8-11(12)15/h4-5,8H,3,6-7,9H2,1-2H3,(H,17,18). The average Bonchev–Trinajstić information content (AvgIpc) is 2.38. The number of ether oxygens (including phenoxy) is 1. The van der Waals surface area contributed by atoms with E-state index >= 15 is 0 Å². The second-order valence-electron chi connectivity index (χ2n) is 5.15. The lowest BCUT2D eigenvalue weighted by molar-refractivity contribution is -0.00468. The molecule has 19 heavy (non-hydrogen) atoms. The van der Waals surface area contributed by atoms with Crippen molar-refractivity contribution < 1.29 is 14.6 Å². The summed E-state index contributed by atoms with van der Waals surface area (Å²) < 4.78 is 6.39. The van der Waals surface area contributed by atoms with Crippen LogP contribution >= 0.6 is 15.9 Å². The van der Waals surface area contributed by atoms with Crippen LogP contribution in [0.4, 0.5) is 5.69 Å². The van der Waals surface area contributed by atoms with E-state index in [1.165, 1.54) is 0 Å². The van der Waals surface area contributed by atoms with Gasteiger partial charge in [-0.3, -0.25) is 0 Å². The van der Waals surface area contributed by atoms with E-state index in [4.69, 9.17) is 9.84 Å². The van der Waals surface area contributed by atoms with Crippen molar-refractivity contribution in [3.05, 3.63) is 28.2 Å². The predicted octanol–water partition coefficient (Wildman–Crippen LogP) is 3.15. The maximum atomic E-state index is 10.9. The van der Waals surface area contributed by atoms with Gasteiger partial charge in [-0.15, -0.1) is 0 Å². The molecule has 1 aliphatic rings. The van der Waals surface area contributed by atoms with Crippen molar-refractivity contribution in [3.63, 3.8) is 0 Å². The number of halogens is 1. The minimum atomic E-state index is -0.910. The number of carbonyl (C=O) groups is 1. The fourth-order valence-corrected chi connectivity index (χ4v) is 3.10. The van der Waals surface area contributed by atoms with E-state index in [0.29, 0.717) is 5.56 Å². The number of carboxylic acid groups (broad SMARTS) is 1. The smallest absolute Gasteiger partial charge is 0.335 e. The zero-order valence-corrected chi connectivity index (χ0v) is 12.7. The molecule has 104 valence electrons. The Kier molecular flexibility index (Phi) is 4.16. The van der Waals surface area contributed by atoms with E-state index in [-0.39, 0.29) is 5.60 Å². The number of benzene rings is 1. The molecule has 0 bridgehead atoms. The first-order chi connectivity index (χ1) is 8.95. The highest BCUT2D eigenvalue weighted by atomic mass is 79.9. The molecule has 4 nitrogen and oxygen atoms in total. The van der Waals surface area contributed by atoms with E-state index in [9.17, 15) is 4.79 Å². The Balaban J connectivity index is 2.24. The molecular formula is C14H18BrNO3. The zero-order chi connectivity index (χ0) is 14.0. The van der Waals surface area contributed by atoms with Crippen molar-refractivity contribution in [2.75, 3.05) is 25.1 Å². The van der Waals surface area contributed by atoms with Crippen LogP contribution in [0.5, 0.6) is 0 Å². The van der Waals surface area contributed by atoms with Crippen molar-refractivity contribution in [3.8, 4) is 0 Å². The third kappa shape index (κ3) is 3.09. The van der Waals surface area contributed by atoms with Gasteiger partial charge in [0, 0.05) is 24.7 Å². The zero-order valence-electron chi connectivity index (χ0n) is 11.1. The third-order valence-corrected chi connectivity index (χ3v) is 4.32. The van der Waals surface area contributed by atoms with Gasteiger partial charge in [0.1, 0.15) is 0 Å². The quantitative estimate of drug-likeness (QED) is 0.926. The van der Waals surface area contributed by atoms with Crippen molar-refractivity contribution in [2.45, 2.75) is 25.4 Å². The van der Waals surface area contributed by atoms with Crippen molar-refractivity contribution in [1.82, 2.24) is 0 Å². The maximum absolute atomic E-state index is 10.9. The number of carboxylic acids is 1. The van der Waals surface area contributed by atoms with Crippen molar-refractivity contribution >= 4 is 27.6 Å². The topological polar surface area (TPSA) is 49.8 Å².